The first-order valence-electron chi connectivity index (χ1n) is 14.0. The largest absolute Gasteiger partial charge is 0.755 e. The number of carboxylic acid groups (broad SMARTS) is 1. The molecule has 0 spiro atoms. The zero-order valence-electron chi connectivity index (χ0n) is 23.4. The van der Waals surface area contributed by atoms with Gasteiger partial charge in [-0.2, -0.15) is 0 Å². The van der Waals surface area contributed by atoms with Crippen LogP contribution in [-0.4, -0.2) is 25.9 Å². The molecule has 5 aromatic carbocycles. The molecule has 0 aliphatic rings. The number of aliphatic carboxylic acids is 1. The van der Waals surface area contributed by atoms with Crippen molar-refractivity contribution in [3.63, 3.8) is 0 Å². The Morgan fingerprint density at radius 3 is 2.00 bits per heavy atom. The number of para-hydroxylation sites is 1. The zero-order valence-corrected chi connectivity index (χ0v) is 24.2. The average Bonchev–Trinajstić information content (AvgIpc) is 3.40. The fraction of sp³-hybridized carbons (Fsp3) is 0.0833. The highest BCUT2D eigenvalue weighted by atomic mass is 32.2. The predicted octanol–water partition coefficient (Wildman–Crippen LogP) is 7.79. The van der Waals surface area contributed by atoms with Gasteiger partial charge in [0.2, 0.25) is 0 Å². The van der Waals surface area contributed by atoms with E-state index in [4.69, 9.17) is 4.42 Å². The van der Waals surface area contributed by atoms with Crippen molar-refractivity contribution in [1.29, 1.82) is 0 Å². The molecule has 0 aliphatic carbocycles. The van der Waals surface area contributed by atoms with Crippen LogP contribution in [0.3, 0.4) is 0 Å². The number of fused-ring (bicyclic) bond motifs is 1. The second kappa shape index (κ2) is 12.7. The highest BCUT2D eigenvalue weighted by Gasteiger charge is 2.27. The molecule has 0 bridgehead atoms. The number of anilines is 1. The molecule has 220 valence electrons. The summed E-state index contributed by atoms with van der Waals surface area (Å²) in [6, 6.07) is 36.8. The SMILES string of the molecule is O=C(O)C(Cc1ccc(F)cc1)N(c1ccc(-c2ccc(-c3c(Cc4ccccc4)oc4ccccc34)cc2)cc1)S(=O)[O-]. The Morgan fingerprint density at radius 2 is 1.36 bits per heavy atom. The van der Waals surface area contributed by atoms with Gasteiger partial charge in [-0.25, -0.2) is 9.18 Å². The normalized spacial score (nSPS) is 12.6. The Labute approximate surface area is 256 Å². The molecule has 0 aliphatic heterocycles. The molecule has 6 nitrogen and oxygen atoms in total. The van der Waals surface area contributed by atoms with Crippen molar-refractivity contribution in [1.82, 2.24) is 0 Å². The highest BCUT2D eigenvalue weighted by Crippen LogP contribution is 2.37. The smallest absolute Gasteiger partial charge is 0.327 e. The number of furan rings is 1. The Bertz CT molecular complexity index is 1920. The number of rotatable bonds is 10. The van der Waals surface area contributed by atoms with E-state index in [0.29, 0.717) is 12.0 Å². The van der Waals surface area contributed by atoms with Gasteiger partial charge in [0.1, 0.15) is 23.2 Å². The summed E-state index contributed by atoms with van der Waals surface area (Å²) < 4.78 is 44.9. The number of carboxylic acids is 1. The van der Waals surface area contributed by atoms with E-state index in [2.05, 4.69) is 18.2 Å². The molecule has 2 unspecified atom stereocenters. The lowest BCUT2D eigenvalue weighted by atomic mass is 9.96. The molecule has 1 heterocycles. The molecule has 0 radical (unpaired) electrons. The molecule has 1 N–H and O–H groups in total. The van der Waals surface area contributed by atoms with Crippen LogP contribution in [0.2, 0.25) is 0 Å². The van der Waals surface area contributed by atoms with Gasteiger partial charge < -0.3 is 14.1 Å². The molecule has 8 heteroatoms. The van der Waals surface area contributed by atoms with Crippen LogP contribution < -0.4 is 4.31 Å². The standard InChI is InChI=1S/C36H28FNO5S/c37-29-18-10-25(11-19-29)22-32(36(39)40)38(44(41)42)30-20-16-27(17-21-30)26-12-14-28(15-13-26)35-31-8-4-5-9-33(31)43-34(35)23-24-6-2-1-3-7-24/h1-21,32H,22-23H2,(H,39,40)(H,41,42)/p-1. The molecule has 0 saturated heterocycles. The van der Waals surface area contributed by atoms with E-state index in [-0.39, 0.29) is 12.1 Å². The van der Waals surface area contributed by atoms with Crippen molar-refractivity contribution < 1.29 is 27.5 Å². The zero-order chi connectivity index (χ0) is 30.6. The lowest BCUT2D eigenvalue weighted by Crippen LogP contribution is -2.44. The van der Waals surface area contributed by atoms with E-state index in [1.54, 1.807) is 24.3 Å². The minimum atomic E-state index is -2.86. The van der Waals surface area contributed by atoms with Crippen LogP contribution in [0.15, 0.2) is 132 Å². The summed E-state index contributed by atoms with van der Waals surface area (Å²) >= 11 is -2.86. The minimum Gasteiger partial charge on any atom is -0.755 e. The van der Waals surface area contributed by atoms with Gasteiger partial charge in [-0.1, -0.05) is 97.1 Å². The van der Waals surface area contributed by atoms with Crippen molar-refractivity contribution >= 4 is 33.9 Å². The monoisotopic (exact) mass is 604 g/mol. The summed E-state index contributed by atoms with van der Waals surface area (Å²) in [5.41, 5.74) is 6.50. The van der Waals surface area contributed by atoms with E-state index < -0.39 is 29.1 Å². The summed E-state index contributed by atoms with van der Waals surface area (Å²) in [6.45, 7) is 0. The van der Waals surface area contributed by atoms with Crippen molar-refractivity contribution in [2.45, 2.75) is 18.9 Å². The highest BCUT2D eigenvalue weighted by molar-refractivity contribution is 7.80. The first-order valence-corrected chi connectivity index (χ1v) is 15.0. The molecule has 0 fully saturated rings. The van der Waals surface area contributed by atoms with Gasteiger partial charge in [-0.15, -0.1) is 0 Å². The van der Waals surface area contributed by atoms with Gasteiger partial charge in [0, 0.05) is 40.7 Å². The van der Waals surface area contributed by atoms with E-state index >= 15 is 0 Å². The van der Waals surface area contributed by atoms with E-state index in [0.717, 1.165) is 48.9 Å². The molecule has 6 aromatic rings. The number of nitrogens with zero attached hydrogens (tertiary/aromatic N) is 1. The minimum absolute atomic E-state index is 0.123. The first kappa shape index (κ1) is 29.0. The Kier molecular flexibility index (Phi) is 8.36. The number of hydrogen-bond acceptors (Lipinski definition) is 4. The summed E-state index contributed by atoms with van der Waals surface area (Å²) in [7, 11) is 0. The van der Waals surface area contributed by atoms with Crippen molar-refractivity contribution in [3.05, 3.63) is 150 Å². The topological polar surface area (TPSA) is 93.8 Å². The van der Waals surface area contributed by atoms with Gasteiger partial charge >= 0.3 is 5.97 Å². The Morgan fingerprint density at radius 1 is 0.773 bits per heavy atom. The fourth-order valence-corrected chi connectivity index (χ4v) is 6.10. The molecular weight excluding hydrogens is 577 g/mol. The van der Waals surface area contributed by atoms with Gasteiger partial charge in [0.15, 0.2) is 0 Å². The molecule has 0 saturated carbocycles. The number of hydrogen-bond donors (Lipinski definition) is 1. The Hall–Kier alpha value is -5.05. The maximum absolute atomic E-state index is 13.3. The van der Waals surface area contributed by atoms with Crippen LogP contribution in [0.5, 0.6) is 0 Å². The van der Waals surface area contributed by atoms with Gasteiger partial charge in [0.05, 0.1) is 0 Å². The lowest BCUT2D eigenvalue weighted by molar-refractivity contribution is -0.138. The van der Waals surface area contributed by atoms with Gasteiger partial charge in [-0.05, 0) is 58.1 Å². The predicted molar refractivity (Wildman–Crippen MR) is 169 cm³/mol. The second-order valence-corrected chi connectivity index (χ2v) is 11.2. The van der Waals surface area contributed by atoms with Gasteiger partial charge in [-0.3, -0.25) is 8.51 Å². The third kappa shape index (κ3) is 6.17. The average molecular weight is 605 g/mol. The van der Waals surface area contributed by atoms with Crippen LogP contribution in [0.1, 0.15) is 16.9 Å². The molecular formula is C36H27FNO5S-. The van der Waals surface area contributed by atoms with Gasteiger partial charge in [0.25, 0.3) is 0 Å². The summed E-state index contributed by atoms with van der Waals surface area (Å²) in [6.07, 6.45) is 0.534. The number of carbonyl (C=O) groups is 1. The first-order chi connectivity index (χ1) is 21.4. The maximum atomic E-state index is 13.3. The summed E-state index contributed by atoms with van der Waals surface area (Å²) in [5, 5.41) is 10.9. The lowest BCUT2D eigenvalue weighted by Gasteiger charge is -2.32. The quantitative estimate of drug-likeness (QED) is 0.161. The molecule has 1 aromatic heterocycles. The van der Waals surface area contributed by atoms with Crippen LogP contribution in [-0.2, 0) is 28.9 Å². The van der Waals surface area contributed by atoms with E-state index in [1.807, 2.05) is 60.7 Å². The second-order valence-electron chi connectivity index (χ2n) is 10.4. The van der Waals surface area contributed by atoms with Crippen LogP contribution in [0, 0.1) is 5.82 Å². The van der Waals surface area contributed by atoms with E-state index in [1.165, 1.54) is 24.3 Å². The van der Waals surface area contributed by atoms with Crippen molar-refractivity contribution in [2.24, 2.45) is 0 Å². The maximum Gasteiger partial charge on any atom is 0.327 e. The molecule has 0 amide bonds. The fourth-order valence-electron chi connectivity index (χ4n) is 5.43. The van der Waals surface area contributed by atoms with Crippen LogP contribution >= 0.6 is 0 Å². The molecule has 44 heavy (non-hydrogen) atoms. The van der Waals surface area contributed by atoms with Crippen molar-refractivity contribution in [2.75, 3.05) is 4.31 Å². The van der Waals surface area contributed by atoms with Crippen LogP contribution in [0.4, 0.5) is 10.1 Å². The molecule has 6 rings (SSSR count). The number of benzene rings is 5. The molecule has 2 atom stereocenters. The summed E-state index contributed by atoms with van der Waals surface area (Å²) in [5.74, 6) is -0.885. The third-order valence-electron chi connectivity index (χ3n) is 7.58. The summed E-state index contributed by atoms with van der Waals surface area (Å²) in [4.78, 5) is 12.1. The third-order valence-corrected chi connectivity index (χ3v) is 8.36. The van der Waals surface area contributed by atoms with E-state index in [9.17, 15) is 23.1 Å². The van der Waals surface area contributed by atoms with Crippen molar-refractivity contribution in [3.8, 4) is 22.3 Å². The number of halogens is 1. The Balaban J connectivity index is 1.27. The van der Waals surface area contributed by atoms with Crippen LogP contribution in [0.25, 0.3) is 33.2 Å².